The number of carbonyl (C=O) groups excluding carboxylic acids is 1. The van der Waals surface area contributed by atoms with E-state index in [2.05, 4.69) is 38.9 Å². The molecule has 2 unspecified atom stereocenters. The number of fused-ring (bicyclic) bond motifs is 4. The average Bonchev–Trinajstić information content (AvgIpc) is 1.62. The van der Waals surface area contributed by atoms with Crippen LogP contribution in [0, 0.1) is 23.7 Å². The van der Waals surface area contributed by atoms with E-state index in [-0.39, 0.29) is 65.3 Å². The third-order valence-electron chi connectivity index (χ3n) is 17.2. The number of carbonyl (C=O) groups is 1. The summed E-state index contributed by atoms with van der Waals surface area (Å²) in [6.45, 7) is 6.97. The van der Waals surface area contributed by atoms with E-state index < -0.39 is 42.7 Å². The molecule has 0 spiro atoms. The maximum absolute atomic E-state index is 12.3. The molecular formula is C74H66F13N7O17S. The standard InChI is InChI=1S/3C18H15F3N2O4.C14H8F3NO3.C5H10O2.CH3FS/c3*19-18(20,21)27-13-3-1-12(2-4-13)14-5-6-15-16(22-14)23(17(24)26-15)9-11-7-8-25-10-11;15-14(16,17)21-9-3-1-8(2-4-9)10-5-6-12-11(18-10)7-13(19)20-12;6-3-5-1-2-7-4-5;1-3-2/h3*1-6,11H,7-10H2;1-6H,7H2;5-6H,1-4H2;1H3/t2*11-;;;;/m10..../s1. The highest BCUT2D eigenvalue weighted by atomic mass is 32.2. The third-order valence-corrected chi connectivity index (χ3v) is 17.2. The number of nitrogens with zero attached hydrogens (tertiary/aromatic N) is 7. The molecule has 0 bridgehead atoms. The number of esters is 1. The van der Waals surface area contributed by atoms with Crippen molar-refractivity contribution in [2.24, 2.45) is 23.7 Å². The fourth-order valence-electron chi connectivity index (χ4n) is 12.0. The molecule has 0 amide bonds. The van der Waals surface area contributed by atoms with Crippen molar-refractivity contribution >= 4 is 51.8 Å². The molecule has 24 nitrogen and oxygen atoms in total. The Balaban J connectivity index is 0.000000142. The number of alkyl halides is 12. The molecule has 112 heavy (non-hydrogen) atoms. The number of hydrogen-bond donors (Lipinski definition) is 1. The van der Waals surface area contributed by atoms with Crippen LogP contribution in [0.3, 0.4) is 0 Å². The SMILES string of the molecule is CSF.O=C1Cc2nc(-c3ccc(OC(F)(F)F)cc3)ccc2O1.O=c1oc2ccc(-c3ccc(OC(F)(F)F)cc3)nc2n1CC1CCOC1.O=c1oc2ccc(-c3ccc(OC(F)(F)F)cc3)nc2n1C[C@@H]1CCOC1.O=c1oc2ccc(-c3ccc(OC(F)(F)F)cc3)nc2n1C[C@H]1CCOC1.OCC1CCOC1. The van der Waals surface area contributed by atoms with Crippen molar-refractivity contribution in [1.29, 1.82) is 0 Å². The first kappa shape index (κ1) is 82.2. The second-order valence-electron chi connectivity index (χ2n) is 25.3. The van der Waals surface area contributed by atoms with Crippen LogP contribution in [-0.2, 0) is 49.8 Å². The zero-order valence-corrected chi connectivity index (χ0v) is 59.4. The summed E-state index contributed by atoms with van der Waals surface area (Å²) in [5.41, 5.74) is 7.29. The summed E-state index contributed by atoms with van der Waals surface area (Å²) >= 11 is 0.250. The van der Waals surface area contributed by atoms with Gasteiger partial charge in [-0.2, -0.15) is 3.89 Å². The van der Waals surface area contributed by atoms with Crippen molar-refractivity contribution in [3.63, 3.8) is 0 Å². The van der Waals surface area contributed by atoms with Crippen LogP contribution in [0.25, 0.3) is 78.7 Å². The summed E-state index contributed by atoms with van der Waals surface area (Å²) in [6, 6.07) is 34.6. The number of oxazole rings is 3. The van der Waals surface area contributed by atoms with Gasteiger partial charge in [-0.3, -0.25) is 18.5 Å². The maximum Gasteiger partial charge on any atom is 0.573 e. The Morgan fingerprint density at radius 1 is 0.402 bits per heavy atom. The smallest absolute Gasteiger partial charge is 0.424 e. The summed E-state index contributed by atoms with van der Waals surface area (Å²) in [5, 5.41) is 8.49. The number of benzene rings is 4. The van der Waals surface area contributed by atoms with Crippen molar-refractivity contribution in [2.75, 3.05) is 65.7 Å². The summed E-state index contributed by atoms with van der Waals surface area (Å²) in [6.07, 6.45) is -13.8. The Morgan fingerprint density at radius 2 is 0.670 bits per heavy atom. The molecule has 596 valence electrons. The van der Waals surface area contributed by atoms with Crippen LogP contribution >= 0.6 is 12.1 Å². The second-order valence-corrected chi connectivity index (χ2v) is 25.6. The predicted molar refractivity (Wildman–Crippen MR) is 374 cm³/mol. The average molecular weight is 1600 g/mol. The van der Waals surface area contributed by atoms with E-state index in [1.54, 1.807) is 48.5 Å². The topological polar surface area (TPSA) is 277 Å². The Hall–Kier alpha value is -10.8. The summed E-state index contributed by atoms with van der Waals surface area (Å²) in [5.74, 6) is -1.58. The minimum Gasteiger partial charge on any atom is -0.424 e. The van der Waals surface area contributed by atoms with E-state index in [0.717, 1.165) is 38.9 Å². The first-order valence-electron chi connectivity index (χ1n) is 34.2. The second kappa shape index (κ2) is 36.6. The van der Waals surface area contributed by atoms with Crippen molar-refractivity contribution in [3.05, 3.63) is 183 Å². The first-order valence-corrected chi connectivity index (χ1v) is 35.3. The van der Waals surface area contributed by atoms with E-state index >= 15 is 0 Å². The first-order chi connectivity index (χ1) is 53.4. The van der Waals surface area contributed by atoms with E-state index in [0.29, 0.717) is 162 Å². The largest absolute Gasteiger partial charge is 0.573 e. The van der Waals surface area contributed by atoms with Crippen molar-refractivity contribution in [2.45, 2.75) is 77.2 Å². The van der Waals surface area contributed by atoms with Crippen LogP contribution in [-0.4, -0.2) is 136 Å². The molecule has 4 fully saturated rings. The number of hydrogen-bond acceptors (Lipinski definition) is 22. The Kier molecular flexibility index (Phi) is 26.8. The minimum atomic E-state index is -4.74. The molecule has 11 aromatic rings. The molecule has 38 heteroatoms. The summed E-state index contributed by atoms with van der Waals surface area (Å²) in [4.78, 5) is 65.3. The lowest BCUT2D eigenvalue weighted by Crippen LogP contribution is -2.20. The summed E-state index contributed by atoms with van der Waals surface area (Å²) < 4.78 is 218. The normalized spacial score (nSPS) is 17.4. The predicted octanol–water partition coefficient (Wildman–Crippen LogP) is 15.1. The lowest BCUT2D eigenvalue weighted by molar-refractivity contribution is -0.275. The van der Waals surface area contributed by atoms with Gasteiger partial charge in [0.15, 0.2) is 39.4 Å². The van der Waals surface area contributed by atoms with Gasteiger partial charge in [-0.1, -0.05) is 0 Å². The molecule has 0 aliphatic carbocycles. The van der Waals surface area contributed by atoms with Crippen LogP contribution in [0.2, 0.25) is 0 Å². The Morgan fingerprint density at radius 3 is 0.920 bits per heavy atom. The number of pyridine rings is 4. The molecule has 16 rings (SSSR count). The van der Waals surface area contributed by atoms with Crippen LogP contribution in [0.15, 0.2) is 173 Å². The monoisotopic (exact) mass is 1600 g/mol. The van der Waals surface area contributed by atoms with E-state index in [1.807, 2.05) is 0 Å². The molecule has 7 aromatic heterocycles. The Bertz CT molecular complexity index is 4730. The molecule has 12 heterocycles. The number of aliphatic hydroxyl groups is 1. The molecule has 0 radical (unpaired) electrons. The van der Waals surface area contributed by atoms with Gasteiger partial charge in [-0.05, 0) is 171 Å². The van der Waals surface area contributed by atoms with E-state index in [1.165, 1.54) is 117 Å². The van der Waals surface area contributed by atoms with Crippen molar-refractivity contribution in [1.82, 2.24) is 33.6 Å². The van der Waals surface area contributed by atoms with Crippen LogP contribution < -0.4 is 41.0 Å². The van der Waals surface area contributed by atoms with Crippen LogP contribution in [0.4, 0.5) is 56.6 Å². The molecule has 4 saturated heterocycles. The third kappa shape index (κ3) is 23.2. The molecular weight excluding hydrogens is 1540 g/mol. The van der Waals surface area contributed by atoms with Gasteiger partial charge >= 0.3 is 48.7 Å². The molecule has 0 saturated carbocycles. The van der Waals surface area contributed by atoms with Gasteiger partial charge in [0.2, 0.25) is 0 Å². The number of ether oxygens (including phenoxy) is 9. The fraction of sp³-hybridized carbons (Fsp3) is 0.351. The van der Waals surface area contributed by atoms with Gasteiger partial charge in [0.1, 0.15) is 23.0 Å². The molecule has 4 aromatic carbocycles. The molecule has 1 N–H and O–H groups in total. The minimum absolute atomic E-state index is 0.0957. The summed E-state index contributed by atoms with van der Waals surface area (Å²) in [7, 11) is 0. The highest BCUT2D eigenvalue weighted by Gasteiger charge is 2.35. The van der Waals surface area contributed by atoms with Crippen LogP contribution in [0.5, 0.6) is 28.7 Å². The molecule has 4 atom stereocenters. The van der Waals surface area contributed by atoms with Crippen molar-refractivity contribution < 1.29 is 122 Å². The maximum atomic E-state index is 12.3. The van der Waals surface area contributed by atoms with Crippen molar-refractivity contribution in [3.8, 4) is 73.8 Å². The number of aliphatic hydroxyl groups excluding tert-OH is 1. The zero-order chi connectivity index (χ0) is 79.9. The zero-order valence-electron chi connectivity index (χ0n) is 58.6. The highest BCUT2D eigenvalue weighted by molar-refractivity contribution is 7.93. The highest BCUT2D eigenvalue weighted by Crippen LogP contribution is 2.34. The van der Waals surface area contributed by atoms with Gasteiger partial charge in [0.25, 0.3) is 0 Å². The fourth-order valence-corrected chi connectivity index (χ4v) is 12.0. The van der Waals surface area contributed by atoms with Gasteiger partial charge < -0.3 is 61.0 Å². The van der Waals surface area contributed by atoms with Gasteiger partial charge in [0.05, 0.1) is 61.3 Å². The quantitative estimate of drug-likeness (QED) is 0.0737. The Labute approximate surface area is 628 Å². The lowest BCUT2D eigenvalue weighted by Gasteiger charge is -2.10. The van der Waals surface area contributed by atoms with Gasteiger partial charge in [0, 0.05) is 117 Å². The number of aromatic nitrogens is 7. The molecule has 5 aliphatic rings. The van der Waals surface area contributed by atoms with Gasteiger partial charge in [-0.15, -0.1) is 52.7 Å². The number of rotatable bonds is 15. The van der Waals surface area contributed by atoms with Gasteiger partial charge in [-0.25, -0.2) is 34.3 Å². The lowest BCUT2D eigenvalue weighted by atomic mass is 10.1. The van der Waals surface area contributed by atoms with E-state index in [9.17, 15) is 75.7 Å². The van der Waals surface area contributed by atoms with E-state index in [4.69, 9.17) is 42.0 Å². The van der Waals surface area contributed by atoms with Crippen LogP contribution in [0.1, 0.15) is 31.4 Å². The number of halogens is 13. The molecule has 5 aliphatic heterocycles.